The van der Waals surface area contributed by atoms with E-state index in [1.165, 1.54) is 0 Å². The molecule has 0 radical (unpaired) electrons. The molecule has 2 rings (SSSR count). The Morgan fingerprint density at radius 3 is 2.14 bits per heavy atom. The maximum Gasteiger partial charge on any atom is 0.328 e. The van der Waals surface area contributed by atoms with Crippen molar-refractivity contribution in [2.75, 3.05) is 0 Å². The Labute approximate surface area is 127 Å². The zero-order valence-corrected chi connectivity index (χ0v) is 12.6. The zero-order chi connectivity index (χ0) is 16.3. The Morgan fingerprint density at radius 2 is 1.64 bits per heavy atom. The smallest absolute Gasteiger partial charge is 0.302 e. The Balaban J connectivity index is 2.35. The number of aromatic amines is 2. The van der Waals surface area contributed by atoms with Crippen LogP contribution in [0.1, 0.15) is 49.8 Å². The van der Waals surface area contributed by atoms with E-state index in [0.717, 1.165) is 19.3 Å². The fourth-order valence-electron chi connectivity index (χ4n) is 2.89. The van der Waals surface area contributed by atoms with Crippen LogP contribution in [0.15, 0.2) is 4.79 Å². The molecule has 1 unspecified atom stereocenters. The number of urea groups is 1. The van der Waals surface area contributed by atoms with Gasteiger partial charge in [-0.3, -0.25) is 30.1 Å². The maximum absolute atomic E-state index is 12.1. The molecule has 0 spiro atoms. The van der Waals surface area contributed by atoms with E-state index in [-0.39, 0.29) is 5.56 Å². The number of nitrogens with one attached hydrogen (secondary N) is 4. The number of imide groups is 2. The fraction of sp³-hybridized carbons (Fsp3) is 0.571. The molecule has 1 aliphatic rings. The highest BCUT2D eigenvalue weighted by Crippen LogP contribution is 2.31. The van der Waals surface area contributed by atoms with Crippen molar-refractivity contribution in [3.05, 3.63) is 21.6 Å². The van der Waals surface area contributed by atoms with Gasteiger partial charge in [0.25, 0.3) is 5.56 Å². The number of H-pyrrole nitrogens is 2. The number of aromatic nitrogens is 2. The molecule has 1 fully saturated rings. The van der Waals surface area contributed by atoms with Gasteiger partial charge in [0.15, 0.2) is 0 Å². The molecule has 0 saturated carbocycles. The van der Waals surface area contributed by atoms with Crippen molar-refractivity contribution in [3.63, 3.8) is 0 Å². The largest absolute Gasteiger partial charge is 0.328 e. The Morgan fingerprint density at radius 1 is 1.00 bits per heavy atom. The number of carbonyl (C=O) groups is 3. The van der Waals surface area contributed by atoms with Crippen LogP contribution < -0.4 is 16.2 Å². The lowest BCUT2D eigenvalue weighted by atomic mass is 9.80. The molecule has 1 atom stereocenters. The molecule has 1 saturated heterocycles. The highest BCUT2D eigenvalue weighted by molar-refractivity contribution is 6.16. The maximum atomic E-state index is 12.1. The first kappa shape index (κ1) is 16.0. The summed E-state index contributed by atoms with van der Waals surface area (Å²) in [6, 6.07) is -0.821. The lowest BCUT2D eigenvalue weighted by molar-refractivity contribution is -0.137. The number of carbonyl (C=O) groups excluding carboxylic acids is 3. The molecule has 2 heterocycles. The topological polar surface area (TPSA) is 124 Å². The average Bonchev–Trinajstić information content (AvgIpc) is 2.76. The molecule has 22 heavy (non-hydrogen) atoms. The predicted molar refractivity (Wildman–Crippen MR) is 78.2 cm³/mol. The number of rotatable bonds is 6. The molecular weight excluding hydrogens is 288 g/mol. The van der Waals surface area contributed by atoms with E-state index in [9.17, 15) is 19.2 Å². The number of hydrogen-bond donors (Lipinski definition) is 4. The van der Waals surface area contributed by atoms with Crippen molar-refractivity contribution in [3.8, 4) is 0 Å². The second-order valence-electron chi connectivity index (χ2n) is 5.51. The van der Waals surface area contributed by atoms with Gasteiger partial charge in [-0.25, -0.2) is 4.79 Å². The fourth-order valence-corrected chi connectivity index (χ4v) is 2.89. The van der Waals surface area contributed by atoms with Crippen LogP contribution in [-0.2, 0) is 9.59 Å². The minimum absolute atomic E-state index is 0.337. The van der Waals surface area contributed by atoms with E-state index < -0.39 is 29.7 Å². The van der Waals surface area contributed by atoms with Gasteiger partial charge in [0.1, 0.15) is 5.92 Å². The highest BCUT2D eigenvalue weighted by Gasteiger charge is 2.42. The summed E-state index contributed by atoms with van der Waals surface area (Å²) in [5, 5.41) is 9.39. The van der Waals surface area contributed by atoms with E-state index in [4.69, 9.17) is 0 Å². The summed E-state index contributed by atoms with van der Waals surface area (Å²) in [6.45, 7) is 3.76. The van der Waals surface area contributed by atoms with Crippen LogP contribution in [0.2, 0.25) is 0 Å². The molecule has 1 aromatic heterocycles. The van der Waals surface area contributed by atoms with Crippen molar-refractivity contribution in [1.82, 2.24) is 20.8 Å². The first-order valence-corrected chi connectivity index (χ1v) is 7.38. The lowest BCUT2D eigenvalue weighted by Gasteiger charge is -2.27. The van der Waals surface area contributed by atoms with Gasteiger partial charge >= 0.3 is 6.03 Å². The molecule has 8 heteroatoms. The molecule has 1 aromatic rings. The minimum atomic E-state index is -1.08. The highest BCUT2D eigenvalue weighted by atomic mass is 16.2. The number of hydrogen-bond acceptors (Lipinski definition) is 4. The third-order valence-electron chi connectivity index (χ3n) is 3.94. The quantitative estimate of drug-likeness (QED) is 0.455. The second-order valence-corrected chi connectivity index (χ2v) is 5.51. The van der Waals surface area contributed by atoms with Crippen molar-refractivity contribution in [2.24, 2.45) is 5.92 Å². The van der Waals surface area contributed by atoms with Crippen molar-refractivity contribution in [1.29, 1.82) is 0 Å². The van der Waals surface area contributed by atoms with Crippen molar-refractivity contribution >= 4 is 17.8 Å². The standard InChI is InChI=1S/C14H20N4O4/c1-3-4-5-6-8(9-7(2)17-18-13(9)21)10-11(19)15-14(22)16-12(10)20/h8,10H,3-6H2,1-2H3,(H2,17,18,21)(H2,15,16,19,20,22). The molecule has 0 aromatic carbocycles. The SMILES string of the molecule is CCCCCC(c1c(C)[nH][nH]c1=O)C1C(=O)NC(=O)NC1=O. The third-order valence-corrected chi connectivity index (χ3v) is 3.94. The first-order chi connectivity index (χ1) is 10.5. The summed E-state index contributed by atoms with van der Waals surface area (Å²) >= 11 is 0. The van der Waals surface area contributed by atoms with Crippen LogP contribution in [0.4, 0.5) is 4.79 Å². The Bertz CT molecular complexity index is 626. The summed E-state index contributed by atoms with van der Waals surface area (Å²) in [4.78, 5) is 47.4. The Kier molecular flexibility index (Phi) is 4.79. The third kappa shape index (κ3) is 3.10. The molecule has 4 N–H and O–H groups in total. The summed E-state index contributed by atoms with van der Waals surface area (Å²) in [5.41, 5.74) is 0.668. The second kappa shape index (κ2) is 6.59. The number of amides is 4. The predicted octanol–water partition coefficient (Wildman–Crippen LogP) is 0.658. The molecule has 4 amide bonds. The van der Waals surface area contributed by atoms with Gasteiger partial charge in [0.2, 0.25) is 11.8 Å². The molecule has 0 aliphatic carbocycles. The normalized spacial score (nSPS) is 17.3. The average molecular weight is 308 g/mol. The number of barbiturate groups is 1. The van der Waals surface area contributed by atoms with Gasteiger partial charge in [-0.2, -0.15) is 0 Å². The van der Waals surface area contributed by atoms with Gasteiger partial charge in [-0.15, -0.1) is 0 Å². The summed E-state index contributed by atoms with van der Waals surface area (Å²) in [6.07, 6.45) is 3.23. The van der Waals surface area contributed by atoms with Crippen LogP contribution in [0.3, 0.4) is 0 Å². The van der Waals surface area contributed by atoms with Crippen LogP contribution in [-0.4, -0.2) is 28.0 Å². The van der Waals surface area contributed by atoms with Gasteiger partial charge < -0.3 is 5.10 Å². The van der Waals surface area contributed by atoms with Gasteiger partial charge in [0, 0.05) is 17.2 Å². The van der Waals surface area contributed by atoms with E-state index in [0.29, 0.717) is 17.7 Å². The first-order valence-electron chi connectivity index (χ1n) is 7.38. The van der Waals surface area contributed by atoms with E-state index in [2.05, 4.69) is 20.8 Å². The molecule has 8 nitrogen and oxygen atoms in total. The van der Waals surface area contributed by atoms with E-state index >= 15 is 0 Å². The van der Waals surface area contributed by atoms with Crippen LogP contribution in [0.5, 0.6) is 0 Å². The van der Waals surface area contributed by atoms with Gasteiger partial charge in [0.05, 0.1) is 0 Å². The Hall–Kier alpha value is -2.38. The summed E-state index contributed by atoms with van der Waals surface area (Å²) in [5.74, 6) is -2.95. The van der Waals surface area contributed by atoms with Crippen molar-refractivity contribution < 1.29 is 14.4 Å². The van der Waals surface area contributed by atoms with E-state index in [1.807, 2.05) is 6.92 Å². The lowest BCUT2D eigenvalue weighted by Crippen LogP contribution is -2.57. The molecular formula is C14H20N4O4. The van der Waals surface area contributed by atoms with Crippen LogP contribution in [0, 0.1) is 12.8 Å². The van der Waals surface area contributed by atoms with Gasteiger partial charge in [-0.1, -0.05) is 26.2 Å². The minimum Gasteiger partial charge on any atom is -0.302 e. The molecule has 0 bridgehead atoms. The molecule has 1 aliphatic heterocycles. The summed E-state index contributed by atoms with van der Waals surface area (Å²) < 4.78 is 0. The monoisotopic (exact) mass is 308 g/mol. The summed E-state index contributed by atoms with van der Waals surface area (Å²) in [7, 11) is 0. The van der Waals surface area contributed by atoms with E-state index in [1.54, 1.807) is 6.92 Å². The number of unbranched alkanes of at least 4 members (excludes halogenated alkanes) is 2. The van der Waals surface area contributed by atoms with Crippen LogP contribution in [0.25, 0.3) is 0 Å². The molecule has 120 valence electrons. The van der Waals surface area contributed by atoms with Gasteiger partial charge in [-0.05, 0) is 13.3 Å². The number of aryl methyl sites for hydroxylation is 1. The van der Waals surface area contributed by atoms with Crippen LogP contribution >= 0.6 is 0 Å². The van der Waals surface area contributed by atoms with Crippen molar-refractivity contribution in [2.45, 2.75) is 45.4 Å². The zero-order valence-electron chi connectivity index (χ0n) is 12.6.